The number of rotatable bonds is 7. The second kappa shape index (κ2) is 7.71. The fraction of sp³-hybridized carbons (Fsp3) is 0.923. The molecule has 18 heavy (non-hydrogen) atoms. The summed E-state index contributed by atoms with van der Waals surface area (Å²) in [6.07, 6.45) is 0.136. The Morgan fingerprint density at radius 3 is 2.83 bits per heavy atom. The van der Waals surface area contributed by atoms with Crippen molar-refractivity contribution in [2.75, 3.05) is 45.9 Å². The molecule has 106 valence electrons. The zero-order valence-corrected chi connectivity index (χ0v) is 11.8. The van der Waals surface area contributed by atoms with Crippen LogP contribution in [-0.4, -0.2) is 72.9 Å². The van der Waals surface area contributed by atoms with Crippen molar-refractivity contribution in [2.24, 2.45) is 5.92 Å². The fourth-order valence-corrected chi connectivity index (χ4v) is 2.36. The Morgan fingerprint density at radius 2 is 2.28 bits per heavy atom. The highest BCUT2D eigenvalue weighted by atomic mass is 16.5. The molecule has 1 N–H and O–H groups in total. The Bertz CT molecular complexity index is 259. The Balaban J connectivity index is 2.38. The van der Waals surface area contributed by atoms with Gasteiger partial charge >= 0.3 is 5.97 Å². The van der Waals surface area contributed by atoms with Crippen LogP contribution in [0.2, 0.25) is 0 Å². The van der Waals surface area contributed by atoms with E-state index in [2.05, 4.69) is 18.7 Å². The first kappa shape index (κ1) is 15.4. The van der Waals surface area contributed by atoms with Crippen molar-refractivity contribution in [1.82, 2.24) is 9.80 Å². The van der Waals surface area contributed by atoms with Gasteiger partial charge in [0.25, 0.3) is 0 Å². The van der Waals surface area contributed by atoms with E-state index in [1.165, 1.54) is 0 Å². The van der Waals surface area contributed by atoms with Gasteiger partial charge in [-0.2, -0.15) is 0 Å². The molecule has 5 heteroatoms. The van der Waals surface area contributed by atoms with E-state index in [1.54, 1.807) is 0 Å². The van der Waals surface area contributed by atoms with Crippen molar-refractivity contribution >= 4 is 5.97 Å². The molecule has 0 aromatic carbocycles. The molecule has 0 aromatic heterocycles. The van der Waals surface area contributed by atoms with Crippen LogP contribution in [0.3, 0.4) is 0 Å². The molecule has 1 unspecified atom stereocenters. The summed E-state index contributed by atoms with van der Waals surface area (Å²) < 4.78 is 5.73. The molecule has 0 bridgehead atoms. The third kappa shape index (κ3) is 5.80. The molecule has 0 aliphatic carbocycles. The SMILES string of the molecule is CCN(CC(=O)O)CC1CN(CC(C)C)CCO1. The topological polar surface area (TPSA) is 53.0 Å². The number of likely N-dealkylation sites (N-methyl/N-ethyl adjacent to an activating group) is 1. The molecule has 0 saturated carbocycles. The molecule has 0 aromatic rings. The van der Waals surface area contributed by atoms with Gasteiger partial charge in [-0.25, -0.2) is 0 Å². The lowest BCUT2D eigenvalue weighted by Gasteiger charge is -2.35. The number of carbonyl (C=O) groups is 1. The van der Waals surface area contributed by atoms with Gasteiger partial charge in [0.05, 0.1) is 19.3 Å². The third-order valence-corrected chi connectivity index (χ3v) is 3.11. The molecule has 0 spiro atoms. The van der Waals surface area contributed by atoms with Crippen LogP contribution in [0.1, 0.15) is 20.8 Å². The fourth-order valence-electron chi connectivity index (χ4n) is 2.36. The van der Waals surface area contributed by atoms with Crippen molar-refractivity contribution in [3.63, 3.8) is 0 Å². The molecule has 1 aliphatic heterocycles. The Hall–Kier alpha value is -0.650. The highest BCUT2D eigenvalue weighted by Crippen LogP contribution is 2.09. The lowest BCUT2D eigenvalue weighted by atomic mass is 10.1. The third-order valence-electron chi connectivity index (χ3n) is 3.11. The molecule has 5 nitrogen and oxygen atoms in total. The first-order chi connectivity index (χ1) is 8.51. The van der Waals surface area contributed by atoms with Crippen LogP contribution < -0.4 is 0 Å². The molecule has 1 saturated heterocycles. The number of nitrogens with zero attached hydrogens (tertiary/aromatic N) is 2. The summed E-state index contributed by atoms with van der Waals surface area (Å²) >= 11 is 0. The molecule has 0 radical (unpaired) electrons. The van der Waals surface area contributed by atoms with E-state index < -0.39 is 5.97 Å². The van der Waals surface area contributed by atoms with E-state index in [4.69, 9.17) is 9.84 Å². The van der Waals surface area contributed by atoms with Crippen LogP contribution in [0.25, 0.3) is 0 Å². The molecule has 1 rings (SSSR count). The van der Waals surface area contributed by atoms with Crippen molar-refractivity contribution in [3.8, 4) is 0 Å². The first-order valence-electron chi connectivity index (χ1n) is 6.79. The zero-order valence-electron chi connectivity index (χ0n) is 11.8. The first-order valence-corrected chi connectivity index (χ1v) is 6.79. The lowest BCUT2D eigenvalue weighted by Crippen LogP contribution is -2.49. The van der Waals surface area contributed by atoms with Crippen molar-refractivity contribution < 1.29 is 14.6 Å². The maximum atomic E-state index is 10.7. The van der Waals surface area contributed by atoms with Gasteiger partial charge in [-0.1, -0.05) is 20.8 Å². The minimum absolute atomic E-state index is 0.0978. The Labute approximate surface area is 110 Å². The molecular formula is C13H26N2O3. The summed E-state index contributed by atoms with van der Waals surface area (Å²) in [5.41, 5.74) is 0. The number of morpholine rings is 1. The van der Waals surface area contributed by atoms with E-state index in [1.807, 2.05) is 11.8 Å². The summed E-state index contributed by atoms with van der Waals surface area (Å²) in [5, 5.41) is 8.82. The van der Waals surface area contributed by atoms with Crippen LogP contribution >= 0.6 is 0 Å². The smallest absolute Gasteiger partial charge is 0.317 e. The van der Waals surface area contributed by atoms with Crippen LogP contribution in [-0.2, 0) is 9.53 Å². The molecule has 1 heterocycles. The second-order valence-corrected chi connectivity index (χ2v) is 5.37. The zero-order chi connectivity index (χ0) is 13.5. The highest BCUT2D eigenvalue weighted by Gasteiger charge is 2.23. The summed E-state index contributed by atoms with van der Waals surface area (Å²) in [7, 11) is 0. The van der Waals surface area contributed by atoms with E-state index in [-0.39, 0.29) is 12.6 Å². The van der Waals surface area contributed by atoms with Gasteiger partial charge in [-0.05, 0) is 12.5 Å². The maximum absolute atomic E-state index is 10.7. The van der Waals surface area contributed by atoms with Crippen molar-refractivity contribution in [2.45, 2.75) is 26.9 Å². The number of aliphatic carboxylic acids is 1. The Morgan fingerprint density at radius 1 is 1.56 bits per heavy atom. The van der Waals surface area contributed by atoms with Gasteiger partial charge in [0.2, 0.25) is 0 Å². The summed E-state index contributed by atoms with van der Waals surface area (Å²) in [4.78, 5) is 15.1. The number of ether oxygens (including phenoxy) is 1. The van der Waals surface area contributed by atoms with Crippen LogP contribution in [0.5, 0.6) is 0 Å². The van der Waals surface area contributed by atoms with E-state index in [9.17, 15) is 4.79 Å². The van der Waals surface area contributed by atoms with Gasteiger partial charge in [0.1, 0.15) is 0 Å². The predicted octanol–water partition coefficient (Wildman–Crippen LogP) is 0.750. The molecule has 1 atom stereocenters. The summed E-state index contributed by atoms with van der Waals surface area (Å²) in [6, 6.07) is 0. The van der Waals surface area contributed by atoms with Crippen LogP contribution in [0.15, 0.2) is 0 Å². The van der Waals surface area contributed by atoms with Crippen LogP contribution in [0.4, 0.5) is 0 Å². The van der Waals surface area contributed by atoms with Gasteiger partial charge in [-0.15, -0.1) is 0 Å². The van der Waals surface area contributed by atoms with Gasteiger partial charge in [0, 0.05) is 26.2 Å². The quantitative estimate of drug-likeness (QED) is 0.730. The Kier molecular flexibility index (Phi) is 6.60. The lowest BCUT2D eigenvalue weighted by molar-refractivity contribution is -0.139. The average Bonchev–Trinajstić information content (AvgIpc) is 2.27. The normalized spacial score (nSPS) is 21.7. The number of carboxylic acids is 1. The van der Waals surface area contributed by atoms with Crippen molar-refractivity contribution in [1.29, 1.82) is 0 Å². The van der Waals surface area contributed by atoms with E-state index >= 15 is 0 Å². The second-order valence-electron chi connectivity index (χ2n) is 5.37. The predicted molar refractivity (Wildman–Crippen MR) is 70.8 cm³/mol. The minimum atomic E-state index is -0.772. The van der Waals surface area contributed by atoms with Gasteiger partial charge < -0.3 is 9.84 Å². The molecule has 1 fully saturated rings. The monoisotopic (exact) mass is 258 g/mol. The summed E-state index contributed by atoms with van der Waals surface area (Å²) in [5.74, 6) is -0.114. The standard InChI is InChI=1S/C13H26N2O3/c1-4-14(10-13(16)17)8-12-9-15(5-6-18-12)7-11(2)3/h11-12H,4-10H2,1-3H3,(H,16,17). The summed E-state index contributed by atoms with van der Waals surface area (Å²) in [6.45, 7) is 11.7. The van der Waals surface area contributed by atoms with Crippen LogP contribution in [0, 0.1) is 5.92 Å². The molecule has 1 aliphatic rings. The average molecular weight is 258 g/mol. The molecular weight excluding hydrogens is 232 g/mol. The van der Waals surface area contributed by atoms with Gasteiger partial charge in [-0.3, -0.25) is 14.6 Å². The number of hydrogen-bond acceptors (Lipinski definition) is 4. The van der Waals surface area contributed by atoms with Gasteiger partial charge in [0.15, 0.2) is 0 Å². The number of hydrogen-bond donors (Lipinski definition) is 1. The maximum Gasteiger partial charge on any atom is 0.317 e. The molecule has 0 amide bonds. The largest absolute Gasteiger partial charge is 0.480 e. The minimum Gasteiger partial charge on any atom is -0.480 e. The highest BCUT2D eigenvalue weighted by molar-refractivity contribution is 5.69. The van der Waals surface area contributed by atoms with Crippen molar-refractivity contribution in [3.05, 3.63) is 0 Å². The van der Waals surface area contributed by atoms with E-state index in [0.29, 0.717) is 12.5 Å². The number of carboxylic acid groups (broad SMARTS) is 1. The van der Waals surface area contributed by atoms with E-state index in [0.717, 1.165) is 32.8 Å².